The number of halogens is 1. The van der Waals surface area contributed by atoms with Gasteiger partial charge in [-0.25, -0.2) is 4.99 Å². The quantitative estimate of drug-likeness (QED) is 0.304. The van der Waals surface area contributed by atoms with Gasteiger partial charge in [0.15, 0.2) is 5.96 Å². The molecular formula is C18H30IN3O2S. The molecule has 0 heterocycles. The van der Waals surface area contributed by atoms with Crippen molar-refractivity contribution < 1.29 is 9.84 Å². The molecule has 142 valence electrons. The summed E-state index contributed by atoms with van der Waals surface area (Å²) in [5, 5.41) is 17.5. The highest BCUT2D eigenvalue weighted by atomic mass is 127. The van der Waals surface area contributed by atoms with Crippen LogP contribution in [-0.4, -0.2) is 47.9 Å². The summed E-state index contributed by atoms with van der Waals surface area (Å²) in [4.78, 5) is 4.61. The third-order valence-corrected chi connectivity index (χ3v) is 5.70. The van der Waals surface area contributed by atoms with E-state index in [9.17, 15) is 5.11 Å². The molecule has 0 spiro atoms. The number of guanidine groups is 1. The molecule has 1 aliphatic rings. The minimum Gasteiger partial charge on any atom is -0.497 e. The second-order valence-electron chi connectivity index (χ2n) is 5.98. The van der Waals surface area contributed by atoms with Gasteiger partial charge in [-0.3, -0.25) is 0 Å². The first kappa shape index (κ1) is 22.4. The van der Waals surface area contributed by atoms with Crippen LogP contribution in [0.5, 0.6) is 5.75 Å². The van der Waals surface area contributed by atoms with Crippen LogP contribution in [0.15, 0.2) is 29.3 Å². The van der Waals surface area contributed by atoms with Crippen molar-refractivity contribution in [2.45, 2.75) is 44.1 Å². The SMILES string of the molecule is CCNC(=NCc1ccc(OC)cc1)NCC1(O)CCC1SCC.I. The average Bonchev–Trinajstić information content (AvgIpc) is 2.61. The lowest BCUT2D eigenvalue weighted by molar-refractivity contribution is -0.0198. The molecule has 1 aliphatic carbocycles. The molecule has 3 N–H and O–H groups in total. The number of thioether (sulfide) groups is 1. The minimum absolute atomic E-state index is 0. The first-order valence-electron chi connectivity index (χ1n) is 8.60. The van der Waals surface area contributed by atoms with Crippen molar-refractivity contribution in [2.75, 3.05) is 26.0 Å². The molecule has 0 amide bonds. The summed E-state index contributed by atoms with van der Waals surface area (Å²) in [6.07, 6.45) is 1.95. The van der Waals surface area contributed by atoms with Crippen LogP contribution in [0.2, 0.25) is 0 Å². The minimum atomic E-state index is -0.614. The Kier molecular flexibility index (Phi) is 9.96. The van der Waals surface area contributed by atoms with E-state index in [-0.39, 0.29) is 24.0 Å². The zero-order chi connectivity index (χ0) is 17.4. The highest BCUT2D eigenvalue weighted by Crippen LogP contribution is 2.40. The fraction of sp³-hybridized carbons (Fsp3) is 0.611. The molecule has 2 atom stereocenters. The van der Waals surface area contributed by atoms with Crippen molar-refractivity contribution in [3.05, 3.63) is 29.8 Å². The van der Waals surface area contributed by atoms with Crippen LogP contribution in [0.3, 0.4) is 0 Å². The van der Waals surface area contributed by atoms with Gasteiger partial charge in [-0.15, -0.1) is 24.0 Å². The Balaban J connectivity index is 0.00000312. The second-order valence-corrected chi connectivity index (χ2v) is 7.46. The van der Waals surface area contributed by atoms with Gasteiger partial charge in [-0.1, -0.05) is 19.1 Å². The average molecular weight is 479 g/mol. The lowest BCUT2D eigenvalue weighted by Gasteiger charge is -2.45. The molecule has 0 bridgehead atoms. The van der Waals surface area contributed by atoms with Gasteiger partial charge in [-0.2, -0.15) is 11.8 Å². The molecule has 5 nitrogen and oxygen atoms in total. The van der Waals surface area contributed by atoms with Gasteiger partial charge < -0.3 is 20.5 Å². The molecule has 1 aromatic carbocycles. The summed E-state index contributed by atoms with van der Waals surface area (Å²) in [6, 6.07) is 7.91. The summed E-state index contributed by atoms with van der Waals surface area (Å²) in [5.41, 5.74) is 0.506. The molecule has 25 heavy (non-hydrogen) atoms. The van der Waals surface area contributed by atoms with Crippen LogP contribution in [-0.2, 0) is 6.54 Å². The predicted molar refractivity (Wildman–Crippen MR) is 117 cm³/mol. The van der Waals surface area contributed by atoms with Crippen molar-refractivity contribution in [3.8, 4) is 5.75 Å². The predicted octanol–water partition coefficient (Wildman–Crippen LogP) is 3.01. The number of nitrogens with zero attached hydrogens (tertiary/aromatic N) is 1. The van der Waals surface area contributed by atoms with Crippen LogP contribution in [0.1, 0.15) is 32.3 Å². The Morgan fingerprint density at radius 2 is 2.04 bits per heavy atom. The van der Waals surface area contributed by atoms with Crippen LogP contribution >= 0.6 is 35.7 Å². The van der Waals surface area contributed by atoms with Gasteiger partial charge in [0, 0.05) is 18.3 Å². The molecule has 0 aromatic heterocycles. The summed E-state index contributed by atoms with van der Waals surface area (Å²) >= 11 is 1.84. The van der Waals surface area contributed by atoms with Gasteiger partial charge >= 0.3 is 0 Å². The fourth-order valence-corrected chi connectivity index (χ4v) is 3.92. The van der Waals surface area contributed by atoms with Crippen molar-refractivity contribution in [3.63, 3.8) is 0 Å². The molecule has 1 saturated carbocycles. The third kappa shape index (κ3) is 6.53. The zero-order valence-corrected chi connectivity index (χ0v) is 18.4. The summed E-state index contributed by atoms with van der Waals surface area (Å²) < 4.78 is 5.17. The van der Waals surface area contributed by atoms with E-state index < -0.39 is 5.60 Å². The van der Waals surface area contributed by atoms with E-state index >= 15 is 0 Å². The first-order chi connectivity index (χ1) is 11.6. The normalized spacial score (nSPS) is 22.6. The van der Waals surface area contributed by atoms with E-state index in [1.165, 1.54) is 0 Å². The number of methoxy groups -OCH3 is 1. The molecule has 2 rings (SSSR count). The summed E-state index contributed by atoms with van der Waals surface area (Å²) in [7, 11) is 1.66. The van der Waals surface area contributed by atoms with E-state index in [1.807, 2.05) is 43.0 Å². The van der Waals surface area contributed by atoms with E-state index in [1.54, 1.807) is 7.11 Å². The largest absolute Gasteiger partial charge is 0.497 e. The Morgan fingerprint density at radius 1 is 1.32 bits per heavy atom. The van der Waals surface area contributed by atoms with Gasteiger partial charge in [0.1, 0.15) is 5.75 Å². The standard InChI is InChI=1S/C18H29N3O2S.HI/c1-4-19-17(20-12-14-6-8-15(23-3)9-7-14)21-13-18(22)11-10-16(18)24-5-2;/h6-9,16,22H,4-5,10-13H2,1-3H3,(H2,19,20,21);1H. The molecule has 0 saturated heterocycles. The van der Waals surface area contributed by atoms with Crippen LogP contribution in [0.4, 0.5) is 0 Å². The number of aliphatic hydroxyl groups is 1. The van der Waals surface area contributed by atoms with Crippen molar-refractivity contribution in [1.29, 1.82) is 0 Å². The monoisotopic (exact) mass is 479 g/mol. The lowest BCUT2D eigenvalue weighted by Crippen LogP contribution is -2.58. The molecular weight excluding hydrogens is 449 g/mol. The van der Waals surface area contributed by atoms with Crippen LogP contribution in [0, 0.1) is 0 Å². The number of hydrogen-bond acceptors (Lipinski definition) is 4. The number of rotatable bonds is 8. The molecule has 1 aromatic rings. The lowest BCUT2D eigenvalue weighted by atomic mass is 9.79. The number of ether oxygens (including phenoxy) is 1. The fourth-order valence-electron chi connectivity index (χ4n) is 2.72. The highest BCUT2D eigenvalue weighted by Gasteiger charge is 2.45. The van der Waals surface area contributed by atoms with Gasteiger partial charge in [0.2, 0.25) is 0 Å². The molecule has 7 heteroatoms. The number of benzene rings is 1. The van der Waals surface area contributed by atoms with Gasteiger partial charge in [-0.05, 0) is 43.2 Å². The maximum absolute atomic E-state index is 10.7. The maximum Gasteiger partial charge on any atom is 0.191 e. The van der Waals surface area contributed by atoms with E-state index in [2.05, 4.69) is 22.5 Å². The van der Waals surface area contributed by atoms with Crippen molar-refractivity contribution in [2.24, 2.45) is 4.99 Å². The number of hydrogen-bond donors (Lipinski definition) is 3. The number of nitrogens with one attached hydrogen (secondary N) is 2. The van der Waals surface area contributed by atoms with Gasteiger partial charge in [0.25, 0.3) is 0 Å². The number of aliphatic imine (C=N–C) groups is 1. The molecule has 1 fully saturated rings. The Hall–Kier alpha value is -0.670. The van der Waals surface area contributed by atoms with E-state index in [4.69, 9.17) is 4.74 Å². The Morgan fingerprint density at radius 3 is 2.56 bits per heavy atom. The second kappa shape index (κ2) is 11.1. The first-order valence-corrected chi connectivity index (χ1v) is 9.65. The Bertz CT molecular complexity index is 542. The summed E-state index contributed by atoms with van der Waals surface area (Å²) in [6.45, 7) is 6.10. The third-order valence-electron chi connectivity index (χ3n) is 4.29. The molecule has 2 unspecified atom stereocenters. The smallest absolute Gasteiger partial charge is 0.191 e. The van der Waals surface area contributed by atoms with E-state index in [0.717, 1.165) is 42.4 Å². The zero-order valence-electron chi connectivity index (χ0n) is 15.2. The highest BCUT2D eigenvalue weighted by molar-refractivity contribution is 14.0. The maximum atomic E-state index is 10.7. The van der Waals surface area contributed by atoms with Crippen molar-refractivity contribution in [1.82, 2.24) is 10.6 Å². The van der Waals surface area contributed by atoms with Crippen molar-refractivity contribution >= 4 is 41.7 Å². The molecule has 0 aliphatic heterocycles. The summed E-state index contributed by atoms with van der Waals surface area (Å²) in [5.74, 6) is 2.63. The van der Waals surface area contributed by atoms with E-state index in [0.29, 0.717) is 18.3 Å². The Labute approximate surface area is 172 Å². The molecule has 0 radical (unpaired) electrons. The van der Waals surface area contributed by atoms with Crippen LogP contribution < -0.4 is 15.4 Å². The van der Waals surface area contributed by atoms with Crippen LogP contribution in [0.25, 0.3) is 0 Å². The van der Waals surface area contributed by atoms with Gasteiger partial charge in [0.05, 0.1) is 19.3 Å². The topological polar surface area (TPSA) is 65.9 Å².